The Morgan fingerprint density at radius 2 is 1.80 bits per heavy atom. The lowest BCUT2D eigenvalue weighted by molar-refractivity contribution is -0.130. The van der Waals surface area contributed by atoms with Crippen LogP contribution in [0, 0.1) is 6.92 Å². The van der Waals surface area contributed by atoms with Crippen LogP contribution in [-0.2, 0) is 16.1 Å². The molecule has 1 saturated heterocycles. The Bertz CT molecular complexity index is 1150. The van der Waals surface area contributed by atoms with Gasteiger partial charge in [-0.3, -0.25) is 14.4 Å². The lowest BCUT2D eigenvalue weighted by Crippen LogP contribution is -2.30. The Kier molecular flexibility index (Phi) is 5.72. The maximum atomic E-state index is 12.9. The standard InChI is InChI=1S/C23H22BrN3O3/c1-15-12-16(8-9-19(15)24)25-23(30)22(29)18-13-27(20-7-3-2-6-17(18)20)14-21(28)26-10-4-5-11-26/h2-3,6-9,12-13H,4-5,10-11,14H2,1H3,(H,25,30). The first-order valence-electron chi connectivity index (χ1n) is 9.91. The van der Waals surface area contributed by atoms with Gasteiger partial charge < -0.3 is 14.8 Å². The Labute approximate surface area is 183 Å². The van der Waals surface area contributed by atoms with Gasteiger partial charge in [0.25, 0.3) is 11.7 Å². The summed E-state index contributed by atoms with van der Waals surface area (Å²) in [5.41, 5.74) is 2.58. The van der Waals surface area contributed by atoms with Crippen molar-refractivity contribution in [3.05, 3.63) is 64.3 Å². The fourth-order valence-electron chi connectivity index (χ4n) is 3.80. The molecule has 1 aliphatic rings. The van der Waals surface area contributed by atoms with E-state index in [2.05, 4.69) is 21.2 Å². The van der Waals surface area contributed by atoms with Gasteiger partial charge in [-0.15, -0.1) is 0 Å². The largest absolute Gasteiger partial charge is 0.341 e. The number of benzene rings is 2. The van der Waals surface area contributed by atoms with Crippen LogP contribution in [0.3, 0.4) is 0 Å². The number of anilines is 1. The minimum absolute atomic E-state index is 0.0297. The fourth-order valence-corrected chi connectivity index (χ4v) is 4.05. The molecule has 0 atom stereocenters. The predicted octanol–water partition coefficient (Wildman–Crippen LogP) is 4.16. The van der Waals surface area contributed by atoms with Crippen LogP contribution in [-0.4, -0.2) is 40.2 Å². The zero-order valence-corrected chi connectivity index (χ0v) is 18.2. The molecule has 0 bridgehead atoms. The summed E-state index contributed by atoms with van der Waals surface area (Å²) in [5.74, 6) is -1.30. The Morgan fingerprint density at radius 3 is 2.53 bits per heavy atom. The van der Waals surface area contributed by atoms with Crippen molar-refractivity contribution in [3.8, 4) is 0 Å². The van der Waals surface area contributed by atoms with Gasteiger partial charge in [0, 0.05) is 40.3 Å². The molecule has 0 aliphatic carbocycles. The van der Waals surface area contributed by atoms with Crippen molar-refractivity contribution < 1.29 is 14.4 Å². The number of para-hydroxylation sites is 1. The summed E-state index contributed by atoms with van der Waals surface area (Å²) in [6, 6.07) is 12.7. The molecule has 3 aromatic rings. The monoisotopic (exact) mass is 467 g/mol. The fraction of sp³-hybridized carbons (Fsp3) is 0.261. The second-order valence-electron chi connectivity index (χ2n) is 7.52. The highest BCUT2D eigenvalue weighted by molar-refractivity contribution is 9.10. The smallest absolute Gasteiger partial charge is 0.296 e. The molecule has 0 unspecified atom stereocenters. The average molecular weight is 468 g/mol. The summed E-state index contributed by atoms with van der Waals surface area (Å²) >= 11 is 3.42. The summed E-state index contributed by atoms with van der Waals surface area (Å²) in [7, 11) is 0. The van der Waals surface area contributed by atoms with Gasteiger partial charge in [-0.25, -0.2) is 0 Å². The number of Topliss-reactive ketones (excluding diaryl/α,β-unsaturated/α-hetero) is 1. The summed E-state index contributed by atoms with van der Waals surface area (Å²) in [6.07, 6.45) is 3.67. The third-order valence-electron chi connectivity index (χ3n) is 5.42. The van der Waals surface area contributed by atoms with Crippen molar-refractivity contribution in [1.29, 1.82) is 0 Å². The van der Waals surface area contributed by atoms with E-state index in [9.17, 15) is 14.4 Å². The lowest BCUT2D eigenvalue weighted by atomic mass is 10.1. The number of nitrogens with zero attached hydrogens (tertiary/aromatic N) is 2. The number of carbonyl (C=O) groups excluding carboxylic acids is 3. The maximum Gasteiger partial charge on any atom is 0.296 e. The van der Waals surface area contributed by atoms with Gasteiger partial charge in [0.1, 0.15) is 6.54 Å². The van der Waals surface area contributed by atoms with E-state index in [1.807, 2.05) is 36.1 Å². The molecule has 0 saturated carbocycles. The van der Waals surface area contributed by atoms with Crippen molar-refractivity contribution in [2.75, 3.05) is 18.4 Å². The highest BCUT2D eigenvalue weighted by Gasteiger charge is 2.24. The zero-order valence-electron chi connectivity index (χ0n) is 16.7. The lowest BCUT2D eigenvalue weighted by Gasteiger charge is -2.15. The molecule has 1 aromatic heterocycles. The van der Waals surface area contributed by atoms with E-state index in [1.54, 1.807) is 29.0 Å². The molecule has 30 heavy (non-hydrogen) atoms. The number of hydrogen-bond acceptors (Lipinski definition) is 3. The molecule has 0 spiro atoms. The number of rotatable bonds is 5. The van der Waals surface area contributed by atoms with Crippen LogP contribution in [0.25, 0.3) is 10.9 Å². The number of likely N-dealkylation sites (tertiary alicyclic amines) is 1. The van der Waals surface area contributed by atoms with Crippen molar-refractivity contribution >= 4 is 50.1 Å². The molecule has 7 heteroatoms. The van der Waals surface area contributed by atoms with Crippen LogP contribution in [0.4, 0.5) is 5.69 Å². The Balaban J connectivity index is 1.59. The molecular formula is C23H22BrN3O3. The number of amides is 2. The Hall–Kier alpha value is -2.93. The van der Waals surface area contributed by atoms with Crippen LogP contribution in [0.2, 0.25) is 0 Å². The van der Waals surface area contributed by atoms with E-state index >= 15 is 0 Å². The van der Waals surface area contributed by atoms with Gasteiger partial charge in [0.2, 0.25) is 5.91 Å². The highest BCUT2D eigenvalue weighted by Crippen LogP contribution is 2.24. The minimum atomic E-state index is -0.703. The zero-order chi connectivity index (χ0) is 21.3. The normalized spacial score (nSPS) is 13.6. The van der Waals surface area contributed by atoms with E-state index in [4.69, 9.17) is 0 Å². The average Bonchev–Trinajstić information content (AvgIpc) is 3.39. The van der Waals surface area contributed by atoms with Gasteiger partial charge in [0.05, 0.1) is 5.56 Å². The van der Waals surface area contributed by atoms with Gasteiger partial charge >= 0.3 is 0 Å². The first kappa shape index (κ1) is 20.3. The summed E-state index contributed by atoms with van der Waals surface area (Å²) in [6.45, 7) is 3.62. The molecule has 1 N–H and O–H groups in total. The maximum absolute atomic E-state index is 12.9. The molecule has 4 rings (SSSR count). The van der Waals surface area contributed by atoms with Crippen LogP contribution in [0.15, 0.2) is 53.1 Å². The van der Waals surface area contributed by atoms with Crippen LogP contribution < -0.4 is 5.32 Å². The molecule has 6 nitrogen and oxygen atoms in total. The van der Waals surface area contributed by atoms with Gasteiger partial charge in [-0.1, -0.05) is 34.1 Å². The molecule has 2 heterocycles. The summed E-state index contributed by atoms with van der Waals surface area (Å²) < 4.78 is 2.69. The number of nitrogens with one attached hydrogen (secondary N) is 1. The molecule has 1 fully saturated rings. The van der Waals surface area contributed by atoms with Crippen LogP contribution in [0.1, 0.15) is 28.8 Å². The van der Waals surface area contributed by atoms with Crippen LogP contribution >= 0.6 is 15.9 Å². The van der Waals surface area contributed by atoms with E-state index < -0.39 is 11.7 Å². The second kappa shape index (κ2) is 8.44. The topological polar surface area (TPSA) is 71.4 Å². The van der Waals surface area contributed by atoms with Crippen molar-refractivity contribution in [2.24, 2.45) is 0 Å². The van der Waals surface area contributed by atoms with Gasteiger partial charge in [0.15, 0.2) is 0 Å². The van der Waals surface area contributed by atoms with E-state index in [1.165, 1.54) is 0 Å². The number of carbonyl (C=O) groups is 3. The SMILES string of the molecule is Cc1cc(NC(=O)C(=O)c2cn(CC(=O)N3CCCC3)c3ccccc23)ccc1Br. The summed E-state index contributed by atoms with van der Waals surface area (Å²) in [4.78, 5) is 40.0. The molecule has 2 aromatic carbocycles. The van der Waals surface area contributed by atoms with Crippen molar-refractivity contribution in [1.82, 2.24) is 9.47 Å². The molecule has 1 aliphatic heterocycles. The predicted molar refractivity (Wildman–Crippen MR) is 120 cm³/mol. The minimum Gasteiger partial charge on any atom is -0.341 e. The van der Waals surface area contributed by atoms with E-state index in [-0.39, 0.29) is 12.5 Å². The third kappa shape index (κ3) is 4.03. The van der Waals surface area contributed by atoms with Crippen LogP contribution in [0.5, 0.6) is 0 Å². The highest BCUT2D eigenvalue weighted by atomic mass is 79.9. The first-order chi connectivity index (χ1) is 14.4. The number of ketones is 1. The Morgan fingerprint density at radius 1 is 1.07 bits per heavy atom. The molecule has 154 valence electrons. The number of aromatic nitrogens is 1. The quantitative estimate of drug-likeness (QED) is 0.452. The molecular weight excluding hydrogens is 446 g/mol. The number of aryl methyl sites for hydroxylation is 1. The number of halogens is 1. The number of fused-ring (bicyclic) bond motifs is 1. The van der Waals surface area contributed by atoms with E-state index in [0.29, 0.717) is 16.6 Å². The van der Waals surface area contributed by atoms with Gasteiger partial charge in [-0.2, -0.15) is 0 Å². The van der Waals surface area contributed by atoms with Crippen molar-refractivity contribution in [2.45, 2.75) is 26.3 Å². The third-order valence-corrected chi connectivity index (χ3v) is 6.31. The second-order valence-corrected chi connectivity index (χ2v) is 8.38. The number of hydrogen-bond donors (Lipinski definition) is 1. The van der Waals surface area contributed by atoms with Gasteiger partial charge in [-0.05, 0) is 49.6 Å². The van der Waals surface area contributed by atoms with Crippen molar-refractivity contribution in [3.63, 3.8) is 0 Å². The summed E-state index contributed by atoms with van der Waals surface area (Å²) in [5, 5.41) is 3.34. The first-order valence-corrected chi connectivity index (χ1v) is 10.7. The molecule has 0 radical (unpaired) electrons. The van der Waals surface area contributed by atoms with E-state index in [0.717, 1.165) is 41.5 Å². The molecule has 2 amide bonds.